The number of hydrogen-bond acceptors (Lipinski definition) is 5. The van der Waals surface area contributed by atoms with E-state index in [0.717, 1.165) is 24.5 Å². The smallest absolute Gasteiger partial charge is 0.289 e. The second kappa shape index (κ2) is 8.74. The second-order valence-corrected chi connectivity index (χ2v) is 7.97. The van der Waals surface area contributed by atoms with E-state index in [-0.39, 0.29) is 17.8 Å². The monoisotopic (exact) mass is 413 g/mol. The summed E-state index contributed by atoms with van der Waals surface area (Å²) in [6, 6.07) is 9.90. The SMILES string of the molecule is CC(C)[C@@H](c1nnnn1Cc1ccc(F)cc1)[NH+]1CCN(C(=O)c2ccco2)CC1. The van der Waals surface area contributed by atoms with E-state index in [0.29, 0.717) is 31.3 Å². The van der Waals surface area contributed by atoms with Crippen molar-refractivity contribution in [2.45, 2.75) is 26.4 Å². The van der Waals surface area contributed by atoms with E-state index in [9.17, 15) is 9.18 Å². The predicted molar refractivity (Wildman–Crippen MR) is 106 cm³/mol. The van der Waals surface area contributed by atoms with Gasteiger partial charge in [-0.05, 0) is 40.3 Å². The van der Waals surface area contributed by atoms with Crippen molar-refractivity contribution in [3.05, 3.63) is 65.6 Å². The minimum atomic E-state index is -0.262. The van der Waals surface area contributed by atoms with Gasteiger partial charge in [-0.15, -0.1) is 5.10 Å². The summed E-state index contributed by atoms with van der Waals surface area (Å²) in [6.07, 6.45) is 1.52. The summed E-state index contributed by atoms with van der Waals surface area (Å²) < 4.78 is 20.3. The summed E-state index contributed by atoms with van der Waals surface area (Å²) in [6.45, 7) is 7.72. The van der Waals surface area contributed by atoms with Gasteiger partial charge in [-0.1, -0.05) is 26.0 Å². The number of carbonyl (C=O) groups is 1. The van der Waals surface area contributed by atoms with Crippen LogP contribution in [0, 0.1) is 11.7 Å². The molecule has 1 aromatic carbocycles. The summed E-state index contributed by atoms with van der Waals surface area (Å²) in [4.78, 5) is 15.7. The number of nitrogens with one attached hydrogen (secondary N) is 1. The van der Waals surface area contributed by atoms with Crippen LogP contribution < -0.4 is 4.90 Å². The predicted octanol–water partition coefficient (Wildman–Crippen LogP) is 1.19. The molecule has 4 rings (SSSR count). The van der Waals surface area contributed by atoms with Gasteiger partial charge >= 0.3 is 0 Å². The number of tetrazole rings is 1. The molecule has 8 nitrogen and oxygen atoms in total. The van der Waals surface area contributed by atoms with Crippen molar-refractivity contribution < 1.29 is 18.5 Å². The fraction of sp³-hybridized carbons (Fsp3) is 0.429. The highest BCUT2D eigenvalue weighted by Crippen LogP contribution is 2.18. The molecule has 0 unspecified atom stereocenters. The molecule has 1 fully saturated rings. The quantitative estimate of drug-likeness (QED) is 0.657. The van der Waals surface area contributed by atoms with Crippen molar-refractivity contribution in [1.29, 1.82) is 0 Å². The summed E-state index contributed by atoms with van der Waals surface area (Å²) in [7, 11) is 0. The first kappa shape index (κ1) is 20.2. The van der Waals surface area contributed by atoms with E-state index in [1.54, 1.807) is 28.9 Å². The number of aromatic nitrogens is 4. The van der Waals surface area contributed by atoms with Crippen molar-refractivity contribution >= 4 is 5.91 Å². The van der Waals surface area contributed by atoms with Gasteiger partial charge in [0.05, 0.1) is 39.0 Å². The minimum Gasteiger partial charge on any atom is -0.459 e. The normalized spacial score (nSPS) is 16.2. The average molecular weight is 413 g/mol. The molecule has 1 amide bonds. The number of nitrogens with zero attached hydrogens (tertiary/aromatic N) is 5. The summed E-state index contributed by atoms with van der Waals surface area (Å²) in [5.41, 5.74) is 0.941. The number of carbonyl (C=O) groups excluding carboxylic acids is 1. The van der Waals surface area contributed by atoms with Gasteiger partial charge in [-0.2, -0.15) is 0 Å². The van der Waals surface area contributed by atoms with E-state index in [2.05, 4.69) is 29.4 Å². The highest BCUT2D eigenvalue weighted by atomic mass is 19.1. The van der Waals surface area contributed by atoms with Crippen LogP contribution in [0.4, 0.5) is 4.39 Å². The first-order valence-corrected chi connectivity index (χ1v) is 10.2. The van der Waals surface area contributed by atoms with Gasteiger partial charge in [0.2, 0.25) is 5.82 Å². The largest absolute Gasteiger partial charge is 0.459 e. The van der Waals surface area contributed by atoms with Crippen LogP contribution in [0.5, 0.6) is 0 Å². The first-order valence-electron chi connectivity index (χ1n) is 10.2. The Bertz CT molecular complexity index is 962. The number of rotatable bonds is 6. The topological polar surface area (TPSA) is 81.5 Å². The maximum absolute atomic E-state index is 13.2. The Morgan fingerprint density at radius 2 is 1.93 bits per heavy atom. The third-order valence-electron chi connectivity index (χ3n) is 5.61. The number of quaternary nitrogens is 1. The van der Waals surface area contributed by atoms with E-state index in [1.807, 2.05) is 4.90 Å². The molecule has 30 heavy (non-hydrogen) atoms. The van der Waals surface area contributed by atoms with Crippen LogP contribution in [-0.2, 0) is 6.54 Å². The molecule has 1 aliphatic rings. The Morgan fingerprint density at radius 3 is 2.57 bits per heavy atom. The molecule has 9 heteroatoms. The Hall–Kier alpha value is -3.07. The zero-order chi connectivity index (χ0) is 21.1. The van der Waals surface area contributed by atoms with Crippen LogP contribution in [0.25, 0.3) is 0 Å². The van der Waals surface area contributed by atoms with Crippen LogP contribution in [0.15, 0.2) is 47.1 Å². The van der Waals surface area contributed by atoms with E-state index in [4.69, 9.17) is 4.42 Å². The maximum atomic E-state index is 13.2. The highest BCUT2D eigenvalue weighted by Gasteiger charge is 2.36. The lowest BCUT2D eigenvalue weighted by atomic mass is 10.0. The Morgan fingerprint density at radius 1 is 1.20 bits per heavy atom. The van der Waals surface area contributed by atoms with Crippen LogP contribution >= 0.6 is 0 Å². The minimum absolute atomic E-state index is 0.0682. The van der Waals surface area contributed by atoms with Gasteiger partial charge in [0.15, 0.2) is 11.8 Å². The van der Waals surface area contributed by atoms with Crippen molar-refractivity contribution in [2.75, 3.05) is 26.2 Å². The zero-order valence-corrected chi connectivity index (χ0v) is 17.2. The molecule has 158 valence electrons. The fourth-order valence-corrected chi connectivity index (χ4v) is 4.13. The van der Waals surface area contributed by atoms with Crippen LogP contribution in [0.1, 0.15) is 41.8 Å². The van der Waals surface area contributed by atoms with Gasteiger partial charge < -0.3 is 14.2 Å². The number of piperazine rings is 1. The van der Waals surface area contributed by atoms with E-state index >= 15 is 0 Å². The average Bonchev–Trinajstić information content (AvgIpc) is 3.43. The maximum Gasteiger partial charge on any atom is 0.289 e. The lowest BCUT2D eigenvalue weighted by molar-refractivity contribution is -0.940. The van der Waals surface area contributed by atoms with Crippen LogP contribution in [0.2, 0.25) is 0 Å². The number of hydrogen-bond donors (Lipinski definition) is 1. The Kier molecular flexibility index (Phi) is 5.89. The second-order valence-electron chi connectivity index (χ2n) is 7.97. The van der Waals surface area contributed by atoms with Crippen molar-refractivity contribution in [2.24, 2.45) is 5.92 Å². The lowest BCUT2D eigenvalue weighted by Gasteiger charge is -2.37. The molecule has 1 saturated heterocycles. The molecular weight excluding hydrogens is 387 g/mol. The van der Waals surface area contributed by atoms with E-state index in [1.165, 1.54) is 23.3 Å². The summed E-state index contributed by atoms with van der Waals surface area (Å²) in [5, 5.41) is 12.4. The molecule has 0 spiro atoms. The lowest BCUT2D eigenvalue weighted by Crippen LogP contribution is -3.15. The molecule has 0 bridgehead atoms. The third-order valence-corrected chi connectivity index (χ3v) is 5.61. The van der Waals surface area contributed by atoms with Crippen molar-refractivity contribution in [1.82, 2.24) is 25.1 Å². The Balaban J connectivity index is 1.47. The van der Waals surface area contributed by atoms with Crippen molar-refractivity contribution in [3.8, 4) is 0 Å². The summed E-state index contributed by atoms with van der Waals surface area (Å²) >= 11 is 0. The van der Waals surface area contributed by atoms with Gasteiger partial charge in [0.1, 0.15) is 5.82 Å². The number of benzene rings is 1. The molecule has 0 radical (unpaired) electrons. The number of furan rings is 1. The number of amides is 1. The molecule has 1 atom stereocenters. The van der Waals surface area contributed by atoms with Crippen molar-refractivity contribution in [3.63, 3.8) is 0 Å². The molecule has 0 aliphatic carbocycles. The zero-order valence-electron chi connectivity index (χ0n) is 17.2. The summed E-state index contributed by atoms with van der Waals surface area (Å²) in [5.74, 6) is 1.17. The first-order chi connectivity index (χ1) is 14.5. The third kappa shape index (κ3) is 4.25. The van der Waals surface area contributed by atoms with Gasteiger partial charge in [-0.25, -0.2) is 9.07 Å². The van der Waals surface area contributed by atoms with Crippen LogP contribution in [0.3, 0.4) is 0 Å². The molecule has 1 N–H and O–H groups in total. The molecular formula is C21H26FN6O2+. The van der Waals surface area contributed by atoms with Gasteiger partial charge in [0, 0.05) is 5.92 Å². The molecule has 2 aromatic heterocycles. The fourth-order valence-electron chi connectivity index (χ4n) is 4.13. The molecule has 3 aromatic rings. The molecule has 3 heterocycles. The van der Waals surface area contributed by atoms with Crippen LogP contribution in [-0.4, -0.2) is 57.2 Å². The Labute approximate surface area is 174 Å². The number of halogens is 1. The highest BCUT2D eigenvalue weighted by molar-refractivity contribution is 5.91. The van der Waals surface area contributed by atoms with Gasteiger partial charge in [0.25, 0.3) is 5.91 Å². The van der Waals surface area contributed by atoms with E-state index < -0.39 is 0 Å². The van der Waals surface area contributed by atoms with Gasteiger partial charge in [-0.3, -0.25) is 4.79 Å². The molecule has 1 aliphatic heterocycles. The standard InChI is InChI=1S/C21H25FN6O2/c1-15(2)19(20-23-24-25-28(20)14-16-5-7-17(22)8-6-16)26-9-11-27(12-10-26)21(29)18-4-3-13-30-18/h3-8,13,15,19H,9-12,14H2,1-2H3/p+1/t19-/m0/s1. The molecule has 0 saturated carbocycles.